The minimum Gasteiger partial charge on any atom is -0.434 e. The second-order valence-electron chi connectivity index (χ2n) is 5.57. The highest BCUT2D eigenvalue weighted by atomic mass is 16.7. The monoisotopic (exact) mass is 243 g/mol. The number of likely N-dealkylation sites (tertiary alicyclic amines) is 1. The Balaban J connectivity index is 2.01. The molecule has 17 heavy (non-hydrogen) atoms. The Morgan fingerprint density at radius 1 is 1.18 bits per heavy atom. The van der Waals surface area contributed by atoms with Crippen molar-refractivity contribution in [2.45, 2.75) is 52.1 Å². The van der Waals surface area contributed by atoms with Crippen LogP contribution in [0.15, 0.2) is 0 Å². The van der Waals surface area contributed by atoms with Gasteiger partial charge in [-0.15, -0.1) is 0 Å². The number of nitrogens with zero attached hydrogens (tertiary/aromatic N) is 1. The third kappa shape index (κ3) is 7.21. The van der Waals surface area contributed by atoms with Gasteiger partial charge in [0.05, 0.1) is 6.61 Å². The number of ether oxygens (including phenoxy) is 2. The summed E-state index contributed by atoms with van der Waals surface area (Å²) in [6.07, 6.45) is 4.28. The molecule has 0 atom stereocenters. The molecule has 1 aliphatic heterocycles. The van der Waals surface area contributed by atoms with Crippen LogP contribution in [0.4, 0.5) is 4.79 Å². The zero-order valence-corrected chi connectivity index (χ0v) is 11.3. The zero-order valence-electron chi connectivity index (χ0n) is 11.3. The van der Waals surface area contributed by atoms with E-state index in [4.69, 9.17) is 9.47 Å². The molecule has 100 valence electrons. The second kappa shape index (κ2) is 6.84. The number of carbonyl (C=O) groups excluding carboxylic acids is 1. The number of hydrogen-bond acceptors (Lipinski definition) is 4. The van der Waals surface area contributed by atoms with Crippen molar-refractivity contribution in [3.63, 3.8) is 0 Å². The Morgan fingerprint density at radius 3 is 2.41 bits per heavy atom. The fraction of sp³-hybridized carbons (Fsp3) is 0.923. The van der Waals surface area contributed by atoms with E-state index >= 15 is 0 Å². The average molecular weight is 243 g/mol. The Hall–Kier alpha value is -0.770. The van der Waals surface area contributed by atoms with Crippen molar-refractivity contribution in [3.8, 4) is 0 Å². The van der Waals surface area contributed by atoms with Crippen LogP contribution in [0.5, 0.6) is 0 Å². The van der Waals surface area contributed by atoms with E-state index in [2.05, 4.69) is 4.90 Å². The van der Waals surface area contributed by atoms with Crippen LogP contribution in [0.2, 0.25) is 0 Å². The van der Waals surface area contributed by atoms with E-state index in [1.165, 1.54) is 32.4 Å². The van der Waals surface area contributed by atoms with Crippen LogP contribution >= 0.6 is 0 Å². The molecule has 0 spiro atoms. The Labute approximate surface area is 104 Å². The first-order valence-corrected chi connectivity index (χ1v) is 6.55. The fourth-order valence-electron chi connectivity index (χ4n) is 1.91. The van der Waals surface area contributed by atoms with Crippen molar-refractivity contribution >= 4 is 6.16 Å². The summed E-state index contributed by atoms with van der Waals surface area (Å²) in [5.41, 5.74) is -0.468. The molecule has 0 saturated carbocycles. The molecule has 0 bridgehead atoms. The number of carbonyl (C=O) groups is 1. The maximum absolute atomic E-state index is 11.3. The van der Waals surface area contributed by atoms with Crippen molar-refractivity contribution < 1.29 is 14.3 Å². The maximum Gasteiger partial charge on any atom is 0.508 e. The molecule has 1 heterocycles. The van der Waals surface area contributed by atoms with Gasteiger partial charge in [-0.25, -0.2) is 4.79 Å². The van der Waals surface area contributed by atoms with Crippen LogP contribution in [-0.4, -0.2) is 42.9 Å². The topological polar surface area (TPSA) is 38.8 Å². The predicted molar refractivity (Wildman–Crippen MR) is 67.1 cm³/mol. The number of hydrogen-bond donors (Lipinski definition) is 0. The SMILES string of the molecule is CC(C)(C)OC(=O)OCCCN1CCCCC1. The van der Waals surface area contributed by atoms with Gasteiger partial charge in [0.1, 0.15) is 5.60 Å². The van der Waals surface area contributed by atoms with E-state index in [9.17, 15) is 4.79 Å². The van der Waals surface area contributed by atoms with Crippen molar-refractivity contribution in [1.82, 2.24) is 4.90 Å². The molecule has 0 unspecified atom stereocenters. The van der Waals surface area contributed by atoms with Crippen LogP contribution in [0.25, 0.3) is 0 Å². The van der Waals surface area contributed by atoms with Gasteiger partial charge in [0, 0.05) is 6.54 Å². The van der Waals surface area contributed by atoms with Gasteiger partial charge < -0.3 is 14.4 Å². The van der Waals surface area contributed by atoms with Gasteiger partial charge in [-0.1, -0.05) is 6.42 Å². The predicted octanol–water partition coefficient (Wildman–Crippen LogP) is 2.81. The van der Waals surface area contributed by atoms with E-state index in [0.29, 0.717) is 6.61 Å². The standard InChI is InChI=1S/C13H25NO3/c1-13(2,3)17-12(15)16-11-7-10-14-8-5-4-6-9-14/h4-11H2,1-3H3. The molecule has 0 radical (unpaired) electrons. The Bertz CT molecular complexity index is 229. The van der Waals surface area contributed by atoms with E-state index in [0.717, 1.165) is 13.0 Å². The van der Waals surface area contributed by atoms with Crippen molar-refractivity contribution in [3.05, 3.63) is 0 Å². The molecule has 1 rings (SSSR count). The first-order valence-electron chi connectivity index (χ1n) is 6.55. The average Bonchev–Trinajstić information content (AvgIpc) is 2.23. The van der Waals surface area contributed by atoms with Gasteiger partial charge in [0.15, 0.2) is 0 Å². The van der Waals surface area contributed by atoms with Gasteiger partial charge in [-0.3, -0.25) is 0 Å². The van der Waals surface area contributed by atoms with Crippen molar-refractivity contribution in [1.29, 1.82) is 0 Å². The van der Waals surface area contributed by atoms with Gasteiger partial charge in [0.2, 0.25) is 0 Å². The largest absolute Gasteiger partial charge is 0.508 e. The fourth-order valence-corrected chi connectivity index (χ4v) is 1.91. The van der Waals surface area contributed by atoms with E-state index in [1.807, 2.05) is 20.8 Å². The molecular weight excluding hydrogens is 218 g/mol. The quantitative estimate of drug-likeness (QED) is 0.562. The highest BCUT2D eigenvalue weighted by Gasteiger charge is 2.17. The zero-order chi connectivity index (χ0) is 12.7. The number of rotatable bonds is 4. The molecule has 0 aromatic rings. The van der Waals surface area contributed by atoms with E-state index in [-0.39, 0.29) is 0 Å². The normalized spacial score (nSPS) is 17.8. The summed E-state index contributed by atoms with van der Waals surface area (Å²) in [4.78, 5) is 13.7. The lowest BCUT2D eigenvalue weighted by Gasteiger charge is -2.26. The molecule has 0 N–H and O–H groups in total. The van der Waals surface area contributed by atoms with Gasteiger partial charge in [-0.2, -0.15) is 0 Å². The molecule has 1 aliphatic rings. The van der Waals surface area contributed by atoms with Crippen molar-refractivity contribution in [2.24, 2.45) is 0 Å². The maximum atomic E-state index is 11.3. The first-order chi connectivity index (χ1) is 7.97. The third-order valence-corrected chi connectivity index (χ3v) is 2.68. The van der Waals surface area contributed by atoms with Crippen LogP contribution in [0.1, 0.15) is 46.5 Å². The molecule has 0 aromatic carbocycles. The minimum atomic E-state index is -0.559. The first kappa shape index (κ1) is 14.3. The molecule has 1 saturated heterocycles. The lowest BCUT2D eigenvalue weighted by atomic mass is 10.1. The molecule has 1 fully saturated rings. The van der Waals surface area contributed by atoms with Gasteiger partial charge in [-0.05, 0) is 53.1 Å². The summed E-state index contributed by atoms with van der Waals surface area (Å²) in [5.74, 6) is 0. The van der Waals surface area contributed by atoms with E-state index in [1.54, 1.807) is 0 Å². The summed E-state index contributed by atoms with van der Waals surface area (Å²) in [6.45, 7) is 9.35. The molecule has 0 aliphatic carbocycles. The van der Waals surface area contributed by atoms with Crippen molar-refractivity contribution in [2.75, 3.05) is 26.2 Å². The molecule has 0 amide bonds. The molecule has 4 heteroatoms. The molecule has 0 aromatic heterocycles. The highest BCUT2D eigenvalue weighted by molar-refractivity contribution is 5.60. The Kier molecular flexibility index (Phi) is 5.75. The highest BCUT2D eigenvalue weighted by Crippen LogP contribution is 2.10. The van der Waals surface area contributed by atoms with Crippen LogP contribution < -0.4 is 0 Å². The van der Waals surface area contributed by atoms with Gasteiger partial charge in [0.25, 0.3) is 0 Å². The lowest BCUT2D eigenvalue weighted by Crippen LogP contribution is -2.31. The Morgan fingerprint density at radius 2 is 1.82 bits per heavy atom. The molecular formula is C13H25NO3. The summed E-state index contributed by atoms with van der Waals surface area (Å²) in [5, 5.41) is 0. The van der Waals surface area contributed by atoms with Crippen LogP contribution in [0.3, 0.4) is 0 Å². The second-order valence-corrected chi connectivity index (χ2v) is 5.57. The summed E-state index contributed by atoms with van der Waals surface area (Å²) < 4.78 is 10.1. The van der Waals surface area contributed by atoms with Crippen LogP contribution in [0, 0.1) is 0 Å². The lowest BCUT2D eigenvalue weighted by molar-refractivity contribution is -0.00845. The smallest absolute Gasteiger partial charge is 0.434 e. The summed E-state index contributed by atoms with van der Waals surface area (Å²) >= 11 is 0. The van der Waals surface area contributed by atoms with E-state index < -0.39 is 11.8 Å². The van der Waals surface area contributed by atoms with Crippen LogP contribution in [-0.2, 0) is 9.47 Å². The summed E-state index contributed by atoms with van der Waals surface area (Å²) in [6, 6.07) is 0. The number of piperidine rings is 1. The third-order valence-electron chi connectivity index (χ3n) is 2.68. The minimum absolute atomic E-state index is 0.450. The molecule has 4 nitrogen and oxygen atoms in total. The van der Waals surface area contributed by atoms with Gasteiger partial charge >= 0.3 is 6.16 Å². The summed E-state index contributed by atoms with van der Waals surface area (Å²) in [7, 11) is 0.